The van der Waals surface area contributed by atoms with Gasteiger partial charge in [0.15, 0.2) is 0 Å². The van der Waals surface area contributed by atoms with Crippen LogP contribution >= 0.6 is 0 Å². The van der Waals surface area contributed by atoms with Crippen molar-refractivity contribution in [3.8, 4) is 5.75 Å². The maximum atomic E-state index is 11.5. The van der Waals surface area contributed by atoms with Crippen molar-refractivity contribution in [2.75, 3.05) is 12.4 Å². The Morgan fingerprint density at radius 3 is 2.75 bits per heavy atom. The summed E-state index contributed by atoms with van der Waals surface area (Å²) < 4.78 is 5.52. The number of fused-ring (bicyclic) bond motifs is 3. The Labute approximate surface area is 140 Å². The number of ether oxygens (including phenoxy) is 1. The molecular formula is C19H18N2O3. The van der Waals surface area contributed by atoms with Gasteiger partial charge in [-0.3, -0.25) is 10.1 Å². The van der Waals surface area contributed by atoms with Gasteiger partial charge >= 0.3 is 0 Å². The minimum absolute atomic E-state index is 0.0188. The fraction of sp³-hybridized carbons (Fsp3) is 0.263. The number of nitrogens with one attached hydrogen (secondary N) is 1. The zero-order chi connectivity index (χ0) is 16.7. The Bertz CT molecular complexity index is 831. The number of methoxy groups -OCH3 is 1. The lowest BCUT2D eigenvalue weighted by Gasteiger charge is -2.37. The van der Waals surface area contributed by atoms with Crippen LogP contribution in [0.3, 0.4) is 0 Å². The molecule has 0 amide bonds. The molecule has 1 N–H and O–H groups in total. The van der Waals surface area contributed by atoms with Gasteiger partial charge in [-0.2, -0.15) is 0 Å². The van der Waals surface area contributed by atoms with E-state index in [9.17, 15) is 10.1 Å². The fourth-order valence-electron chi connectivity index (χ4n) is 3.99. The van der Waals surface area contributed by atoms with Crippen molar-refractivity contribution in [3.63, 3.8) is 0 Å². The summed E-state index contributed by atoms with van der Waals surface area (Å²) in [5.41, 5.74) is 2.81. The predicted molar refractivity (Wildman–Crippen MR) is 92.4 cm³/mol. The van der Waals surface area contributed by atoms with Crippen molar-refractivity contribution in [1.82, 2.24) is 0 Å². The number of nitro groups is 1. The minimum atomic E-state index is -0.315. The number of allylic oxidation sites excluding steroid dienone is 2. The van der Waals surface area contributed by atoms with Crippen LogP contribution in [0.2, 0.25) is 0 Å². The van der Waals surface area contributed by atoms with Gasteiger partial charge < -0.3 is 10.1 Å². The van der Waals surface area contributed by atoms with E-state index in [4.69, 9.17) is 4.74 Å². The van der Waals surface area contributed by atoms with Crippen LogP contribution in [0.25, 0.3) is 0 Å². The Balaban J connectivity index is 1.86. The Morgan fingerprint density at radius 2 is 1.96 bits per heavy atom. The summed E-state index contributed by atoms with van der Waals surface area (Å²) >= 11 is 0. The summed E-state index contributed by atoms with van der Waals surface area (Å²) in [7, 11) is 1.66. The second-order valence-corrected chi connectivity index (χ2v) is 6.22. The lowest BCUT2D eigenvalue weighted by atomic mass is 9.76. The first-order valence-corrected chi connectivity index (χ1v) is 8.04. The van der Waals surface area contributed by atoms with Gasteiger partial charge in [-0.05, 0) is 24.0 Å². The molecule has 0 saturated heterocycles. The van der Waals surface area contributed by atoms with Gasteiger partial charge in [0.1, 0.15) is 11.4 Å². The molecule has 1 aliphatic carbocycles. The Hall–Kier alpha value is -2.82. The van der Waals surface area contributed by atoms with E-state index in [0.29, 0.717) is 11.6 Å². The minimum Gasteiger partial charge on any atom is -0.496 e. The third-order valence-corrected chi connectivity index (χ3v) is 5.05. The molecule has 5 nitrogen and oxygen atoms in total. The first-order valence-electron chi connectivity index (χ1n) is 8.04. The number of rotatable bonds is 3. The molecule has 0 radical (unpaired) electrons. The largest absolute Gasteiger partial charge is 0.496 e. The average Bonchev–Trinajstić information content (AvgIpc) is 3.10. The Morgan fingerprint density at radius 1 is 1.17 bits per heavy atom. The topological polar surface area (TPSA) is 64.4 Å². The molecule has 1 aliphatic heterocycles. The number of para-hydroxylation sites is 2. The number of nitro benzene ring substituents is 1. The molecule has 5 heteroatoms. The van der Waals surface area contributed by atoms with Gasteiger partial charge in [-0.1, -0.05) is 42.5 Å². The SMILES string of the molecule is COc1ccccc1[C@@H]1Nc2c(cccc2[N+](=O)[O-])[C@H]2C=CC[C@@H]21. The van der Waals surface area contributed by atoms with Gasteiger partial charge in [0.25, 0.3) is 5.69 Å². The van der Waals surface area contributed by atoms with E-state index in [1.54, 1.807) is 19.2 Å². The first-order chi connectivity index (χ1) is 11.7. The first kappa shape index (κ1) is 14.8. The van der Waals surface area contributed by atoms with E-state index < -0.39 is 0 Å². The quantitative estimate of drug-likeness (QED) is 0.516. The lowest BCUT2D eigenvalue weighted by Crippen LogP contribution is -2.29. The van der Waals surface area contributed by atoms with Crippen LogP contribution in [0.15, 0.2) is 54.6 Å². The summed E-state index contributed by atoms with van der Waals surface area (Å²) in [5, 5.41) is 14.9. The van der Waals surface area contributed by atoms with Crippen LogP contribution in [-0.2, 0) is 0 Å². The highest BCUT2D eigenvalue weighted by molar-refractivity contribution is 5.71. The molecule has 2 aromatic carbocycles. The number of nitrogens with zero attached hydrogens (tertiary/aromatic N) is 1. The van der Waals surface area contributed by atoms with Crippen LogP contribution in [0.4, 0.5) is 11.4 Å². The molecule has 0 bridgehead atoms. The smallest absolute Gasteiger partial charge is 0.292 e. The van der Waals surface area contributed by atoms with Crippen molar-refractivity contribution >= 4 is 11.4 Å². The molecule has 24 heavy (non-hydrogen) atoms. The van der Waals surface area contributed by atoms with Crippen molar-refractivity contribution in [2.24, 2.45) is 5.92 Å². The molecule has 0 fully saturated rings. The summed E-state index contributed by atoms with van der Waals surface area (Å²) in [4.78, 5) is 11.1. The molecule has 2 aliphatic rings. The highest BCUT2D eigenvalue weighted by atomic mass is 16.6. The highest BCUT2D eigenvalue weighted by Crippen LogP contribution is 2.53. The highest BCUT2D eigenvalue weighted by Gasteiger charge is 2.41. The van der Waals surface area contributed by atoms with E-state index in [0.717, 1.165) is 23.3 Å². The maximum absolute atomic E-state index is 11.5. The zero-order valence-electron chi connectivity index (χ0n) is 13.3. The monoisotopic (exact) mass is 322 g/mol. The summed E-state index contributed by atoms with van der Waals surface area (Å²) in [6, 6.07) is 13.2. The predicted octanol–water partition coefficient (Wildman–Crippen LogP) is 4.43. The number of anilines is 1. The molecular weight excluding hydrogens is 304 g/mol. The number of benzene rings is 2. The molecule has 0 aromatic heterocycles. The van der Waals surface area contributed by atoms with Gasteiger partial charge in [-0.25, -0.2) is 0 Å². The fourth-order valence-corrected chi connectivity index (χ4v) is 3.99. The standard InChI is InChI=1S/C19H18N2O3/c1-24-17-11-3-2-6-15(17)18-13-8-4-7-12(13)14-9-5-10-16(21(22)23)19(14)20-18/h2-7,9-13,18,20H,8H2,1H3/t12-,13-,18+/m0/s1. The van der Waals surface area contributed by atoms with Crippen molar-refractivity contribution in [1.29, 1.82) is 0 Å². The second-order valence-electron chi connectivity index (χ2n) is 6.22. The van der Waals surface area contributed by atoms with E-state index in [1.165, 1.54) is 0 Å². The normalized spacial score (nSPS) is 24.0. The molecule has 0 saturated carbocycles. The molecule has 0 spiro atoms. The third-order valence-electron chi connectivity index (χ3n) is 5.05. The summed E-state index contributed by atoms with van der Waals surface area (Å²) in [5.74, 6) is 1.33. The summed E-state index contributed by atoms with van der Waals surface area (Å²) in [6.45, 7) is 0. The van der Waals surface area contributed by atoms with E-state index in [1.807, 2.05) is 30.3 Å². The number of hydrogen-bond donors (Lipinski definition) is 1. The molecule has 1 heterocycles. The van der Waals surface area contributed by atoms with Crippen LogP contribution in [0, 0.1) is 16.0 Å². The number of hydrogen-bond acceptors (Lipinski definition) is 4. The molecule has 3 atom stereocenters. The van der Waals surface area contributed by atoms with Crippen LogP contribution in [0.5, 0.6) is 5.75 Å². The van der Waals surface area contributed by atoms with Gasteiger partial charge in [0, 0.05) is 17.5 Å². The third kappa shape index (κ3) is 2.16. The molecule has 122 valence electrons. The molecule has 2 aromatic rings. The summed E-state index contributed by atoms with van der Waals surface area (Å²) in [6.07, 6.45) is 5.30. The van der Waals surface area contributed by atoms with E-state index in [-0.39, 0.29) is 22.6 Å². The van der Waals surface area contributed by atoms with Crippen molar-refractivity contribution in [3.05, 3.63) is 75.9 Å². The van der Waals surface area contributed by atoms with Crippen molar-refractivity contribution < 1.29 is 9.66 Å². The van der Waals surface area contributed by atoms with Gasteiger partial charge in [-0.15, -0.1) is 0 Å². The van der Waals surface area contributed by atoms with E-state index >= 15 is 0 Å². The van der Waals surface area contributed by atoms with Crippen molar-refractivity contribution in [2.45, 2.75) is 18.4 Å². The van der Waals surface area contributed by atoms with Gasteiger partial charge in [0.2, 0.25) is 0 Å². The molecule has 4 rings (SSSR count). The zero-order valence-corrected chi connectivity index (χ0v) is 13.3. The maximum Gasteiger partial charge on any atom is 0.292 e. The second kappa shape index (κ2) is 5.67. The van der Waals surface area contributed by atoms with Gasteiger partial charge in [0.05, 0.1) is 18.1 Å². The van der Waals surface area contributed by atoms with Crippen LogP contribution in [-0.4, -0.2) is 12.0 Å². The van der Waals surface area contributed by atoms with Crippen LogP contribution < -0.4 is 10.1 Å². The lowest BCUT2D eigenvalue weighted by molar-refractivity contribution is -0.384. The molecule has 0 unspecified atom stereocenters. The van der Waals surface area contributed by atoms with E-state index in [2.05, 4.69) is 17.5 Å². The average molecular weight is 322 g/mol. The Kier molecular flexibility index (Phi) is 3.49. The van der Waals surface area contributed by atoms with Crippen LogP contribution in [0.1, 0.15) is 29.5 Å².